The number of hydrogen-bond donors (Lipinski definition) is 1. The lowest BCUT2D eigenvalue weighted by molar-refractivity contribution is 0.0521. The van der Waals surface area contributed by atoms with Gasteiger partial charge in [-0.2, -0.15) is 0 Å². The summed E-state index contributed by atoms with van der Waals surface area (Å²) in [4.78, 5) is 14.0. The van der Waals surface area contributed by atoms with Crippen LogP contribution in [0.2, 0.25) is 5.02 Å². The smallest absolute Gasteiger partial charge is 0.253 e. The third-order valence-electron chi connectivity index (χ3n) is 3.59. The van der Waals surface area contributed by atoms with Crippen LogP contribution in [0.1, 0.15) is 10.4 Å². The maximum Gasteiger partial charge on any atom is 0.253 e. The standard InChI is InChI=1S/C17H16ClNO4/c1-19(17(21)11-6-7-14(20)13(18)8-11)9-12-10-22-15-4-2-3-5-16(15)23-12/h2-8,12,20H,9-10H2,1H3. The maximum atomic E-state index is 12.4. The molecule has 5 nitrogen and oxygen atoms in total. The molecule has 0 aliphatic carbocycles. The first-order valence-corrected chi connectivity index (χ1v) is 7.55. The quantitative estimate of drug-likeness (QED) is 0.938. The number of likely N-dealkylation sites (N-methyl/N-ethyl adjacent to an activating group) is 1. The summed E-state index contributed by atoms with van der Waals surface area (Å²) in [5.74, 6) is 1.14. The van der Waals surface area contributed by atoms with Crippen molar-refractivity contribution in [2.45, 2.75) is 6.10 Å². The van der Waals surface area contributed by atoms with Gasteiger partial charge in [-0.15, -0.1) is 0 Å². The van der Waals surface area contributed by atoms with E-state index in [1.54, 1.807) is 11.9 Å². The van der Waals surface area contributed by atoms with Gasteiger partial charge in [-0.1, -0.05) is 23.7 Å². The molecule has 1 aliphatic rings. The van der Waals surface area contributed by atoms with Crippen LogP contribution in [0.3, 0.4) is 0 Å². The van der Waals surface area contributed by atoms with Gasteiger partial charge in [0, 0.05) is 12.6 Å². The van der Waals surface area contributed by atoms with Crippen molar-refractivity contribution in [3.63, 3.8) is 0 Å². The van der Waals surface area contributed by atoms with E-state index in [0.29, 0.717) is 30.2 Å². The fourth-order valence-corrected chi connectivity index (χ4v) is 2.58. The number of fused-ring (bicyclic) bond motifs is 1. The number of phenols is 1. The van der Waals surface area contributed by atoms with Crippen LogP contribution in [-0.2, 0) is 0 Å². The first-order valence-electron chi connectivity index (χ1n) is 7.17. The number of aromatic hydroxyl groups is 1. The monoisotopic (exact) mass is 333 g/mol. The minimum atomic E-state index is -0.244. The van der Waals surface area contributed by atoms with Crippen molar-refractivity contribution in [1.29, 1.82) is 0 Å². The number of nitrogens with zero attached hydrogens (tertiary/aromatic N) is 1. The third-order valence-corrected chi connectivity index (χ3v) is 3.89. The highest BCUT2D eigenvalue weighted by Gasteiger charge is 2.24. The Labute approximate surface area is 139 Å². The number of para-hydroxylation sites is 2. The molecule has 0 spiro atoms. The van der Waals surface area contributed by atoms with Crippen molar-refractivity contribution in [2.24, 2.45) is 0 Å². The molecule has 3 rings (SSSR count). The summed E-state index contributed by atoms with van der Waals surface area (Å²) >= 11 is 5.85. The highest BCUT2D eigenvalue weighted by molar-refractivity contribution is 6.32. The van der Waals surface area contributed by atoms with Crippen LogP contribution in [0.25, 0.3) is 0 Å². The Bertz CT molecular complexity index is 734. The predicted molar refractivity (Wildman–Crippen MR) is 86.4 cm³/mol. The van der Waals surface area contributed by atoms with Gasteiger partial charge >= 0.3 is 0 Å². The Morgan fingerprint density at radius 2 is 2.04 bits per heavy atom. The van der Waals surface area contributed by atoms with E-state index in [4.69, 9.17) is 21.1 Å². The summed E-state index contributed by atoms with van der Waals surface area (Å²) in [6, 6.07) is 11.8. The van der Waals surface area contributed by atoms with Gasteiger partial charge in [0.1, 0.15) is 12.4 Å². The number of carbonyl (C=O) groups excluding carboxylic acids is 1. The molecule has 1 atom stereocenters. The van der Waals surface area contributed by atoms with E-state index in [0.717, 1.165) is 0 Å². The third kappa shape index (κ3) is 3.35. The molecule has 0 radical (unpaired) electrons. The van der Waals surface area contributed by atoms with Gasteiger partial charge in [-0.05, 0) is 30.3 Å². The van der Waals surface area contributed by atoms with Crippen LogP contribution in [-0.4, -0.2) is 42.2 Å². The summed E-state index contributed by atoms with van der Waals surface area (Å²) in [6.07, 6.45) is -0.244. The molecule has 1 N–H and O–H groups in total. The minimum absolute atomic E-state index is 0.0495. The van der Waals surface area contributed by atoms with E-state index in [1.807, 2.05) is 24.3 Å². The normalized spacial score (nSPS) is 16.0. The van der Waals surface area contributed by atoms with E-state index in [9.17, 15) is 9.90 Å². The molecule has 1 unspecified atom stereocenters. The van der Waals surface area contributed by atoms with Crippen molar-refractivity contribution in [2.75, 3.05) is 20.2 Å². The number of ether oxygens (including phenoxy) is 2. The highest BCUT2D eigenvalue weighted by Crippen LogP contribution is 2.31. The SMILES string of the molecule is CN(CC1COc2ccccc2O1)C(=O)c1ccc(O)c(Cl)c1. The zero-order chi connectivity index (χ0) is 16.4. The molecule has 0 fully saturated rings. The van der Waals surface area contributed by atoms with Gasteiger partial charge < -0.3 is 19.5 Å². The Hall–Kier alpha value is -2.40. The van der Waals surface area contributed by atoms with Crippen molar-refractivity contribution in [1.82, 2.24) is 4.90 Å². The van der Waals surface area contributed by atoms with E-state index >= 15 is 0 Å². The number of amides is 1. The largest absolute Gasteiger partial charge is 0.506 e. The number of carbonyl (C=O) groups is 1. The first kappa shape index (κ1) is 15.5. The fourth-order valence-electron chi connectivity index (χ4n) is 2.40. The number of phenolic OH excluding ortho intramolecular Hbond substituents is 1. The van der Waals surface area contributed by atoms with Crippen LogP contribution in [0.15, 0.2) is 42.5 Å². The van der Waals surface area contributed by atoms with E-state index < -0.39 is 0 Å². The zero-order valence-electron chi connectivity index (χ0n) is 12.5. The number of hydrogen-bond acceptors (Lipinski definition) is 4. The molecule has 1 heterocycles. The Morgan fingerprint density at radius 1 is 1.30 bits per heavy atom. The number of rotatable bonds is 3. The van der Waals surface area contributed by atoms with E-state index in [1.165, 1.54) is 18.2 Å². The lowest BCUT2D eigenvalue weighted by Gasteiger charge is -2.29. The average Bonchev–Trinajstić information content (AvgIpc) is 2.56. The molecule has 0 aromatic heterocycles. The average molecular weight is 334 g/mol. The molecule has 120 valence electrons. The first-order chi connectivity index (χ1) is 11.0. The van der Waals surface area contributed by atoms with Gasteiger partial charge in [0.15, 0.2) is 17.6 Å². The van der Waals surface area contributed by atoms with Crippen LogP contribution in [0.4, 0.5) is 0 Å². The number of benzene rings is 2. The summed E-state index contributed by atoms with van der Waals surface area (Å²) in [5, 5.41) is 9.57. The predicted octanol–water partition coefficient (Wildman–Crippen LogP) is 2.96. The lowest BCUT2D eigenvalue weighted by Crippen LogP contribution is -2.41. The molecular weight excluding hydrogens is 318 g/mol. The van der Waals surface area contributed by atoms with Crippen molar-refractivity contribution < 1.29 is 19.4 Å². The van der Waals surface area contributed by atoms with Gasteiger partial charge in [0.25, 0.3) is 5.91 Å². The maximum absolute atomic E-state index is 12.4. The minimum Gasteiger partial charge on any atom is -0.506 e. The molecule has 1 aliphatic heterocycles. The van der Waals surface area contributed by atoms with Gasteiger partial charge in [-0.25, -0.2) is 0 Å². The Morgan fingerprint density at radius 3 is 2.78 bits per heavy atom. The van der Waals surface area contributed by atoms with E-state index in [-0.39, 0.29) is 22.8 Å². The molecule has 2 aromatic carbocycles. The molecular formula is C17H16ClNO4. The van der Waals surface area contributed by atoms with Crippen LogP contribution in [0, 0.1) is 0 Å². The van der Waals surface area contributed by atoms with E-state index in [2.05, 4.69) is 0 Å². The summed E-state index contributed by atoms with van der Waals surface area (Å²) in [5.41, 5.74) is 0.410. The second kappa shape index (κ2) is 6.38. The van der Waals surface area contributed by atoms with Crippen molar-refractivity contribution in [3.05, 3.63) is 53.1 Å². The zero-order valence-corrected chi connectivity index (χ0v) is 13.3. The summed E-state index contributed by atoms with van der Waals surface area (Å²) in [7, 11) is 1.69. The highest BCUT2D eigenvalue weighted by atomic mass is 35.5. The molecule has 23 heavy (non-hydrogen) atoms. The van der Waals surface area contributed by atoms with Crippen LogP contribution >= 0.6 is 11.6 Å². The number of halogens is 1. The van der Waals surface area contributed by atoms with Crippen molar-refractivity contribution in [3.8, 4) is 17.2 Å². The molecule has 1 amide bonds. The summed E-state index contributed by atoms with van der Waals surface area (Å²) in [6.45, 7) is 0.761. The Balaban J connectivity index is 1.66. The topological polar surface area (TPSA) is 59.0 Å². The molecule has 0 saturated carbocycles. The van der Waals surface area contributed by atoms with Crippen LogP contribution in [0.5, 0.6) is 17.2 Å². The van der Waals surface area contributed by atoms with Gasteiger partial charge in [0.2, 0.25) is 0 Å². The summed E-state index contributed by atoms with van der Waals surface area (Å²) < 4.78 is 11.5. The van der Waals surface area contributed by atoms with Crippen LogP contribution < -0.4 is 9.47 Å². The molecule has 2 aromatic rings. The molecule has 0 saturated heterocycles. The fraction of sp³-hybridized carbons (Fsp3) is 0.235. The van der Waals surface area contributed by atoms with Gasteiger partial charge in [-0.3, -0.25) is 4.79 Å². The molecule has 0 bridgehead atoms. The second-order valence-electron chi connectivity index (χ2n) is 5.35. The van der Waals surface area contributed by atoms with Crippen molar-refractivity contribution >= 4 is 17.5 Å². The molecule has 6 heteroatoms. The Kier molecular flexibility index (Phi) is 4.30. The second-order valence-corrected chi connectivity index (χ2v) is 5.76. The lowest BCUT2D eigenvalue weighted by atomic mass is 10.2. The van der Waals surface area contributed by atoms with Gasteiger partial charge in [0.05, 0.1) is 11.6 Å².